The van der Waals surface area contributed by atoms with Crippen molar-refractivity contribution in [1.29, 1.82) is 0 Å². The number of esters is 1. The van der Waals surface area contributed by atoms with E-state index in [0.717, 1.165) is 0 Å². The Bertz CT molecular complexity index is 262. The molecule has 0 amide bonds. The smallest absolute Gasteiger partial charge is 0.456 e. The van der Waals surface area contributed by atoms with E-state index < -0.39 is 13.8 Å². The van der Waals surface area contributed by atoms with Gasteiger partial charge in [0.2, 0.25) is 0 Å². The predicted octanol–water partition coefficient (Wildman–Crippen LogP) is 0.0523. The van der Waals surface area contributed by atoms with E-state index in [4.69, 9.17) is 16.2 Å². The van der Waals surface area contributed by atoms with Crippen LogP contribution in [0.4, 0.5) is 0 Å². The molecule has 0 radical (unpaired) electrons. The number of ether oxygens (including phenoxy) is 1. The number of rotatable bonds is 6. The van der Waals surface area contributed by atoms with Crippen LogP contribution in [0.25, 0.3) is 0 Å². The first-order valence-corrected chi connectivity index (χ1v) is 5.32. The van der Waals surface area contributed by atoms with E-state index in [-0.39, 0.29) is 13.2 Å². The molecule has 2 N–H and O–H groups in total. The summed E-state index contributed by atoms with van der Waals surface area (Å²) in [5, 5.41) is 0. The second-order valence-electron chi connectivity index (χ2n) is 2.31. The lowest BCUT2D eigenvalue weighted by Gasteiger charge is -2.04. The van der Waals surface area contributed by atoms with Crippen LogP contribution in [0.1, 0.15) is 12.8 Å². The van der Waals surface area contributed by atoms with Gasteiger partial charge in [0.25, 0.3) is 0 Å². The third-order valence-electron chi connectivity index (χ3n) is 1.15. The van der Waals surface area contributed by atoms with Gasteiger partial charge in [0.1, 0.15) is 0 Å². The lowest BCUT2D eigenvalue weighted by atomic mass is 10.3. The molecule has 80 valence electrons. The Kier molecular flexibility index (Phi) is 6.17. The van der Waals surface area contributed by atoms with Crippen LogP contribution in [-0.2, 0) is 18.6 Å². The van der Waals surface area contributed by atoms with Crippen LogP contribution < -0.4 is 0 Å². The zero-order valence-corrected chi connectivity index (χ0v) is 8.27. The predicted molar refractivity (Wildman–Crippen MR) is 47.0 cm³/mol. The number of hydrogen-bond donors (Lipinski definition) is 2. The number of carbonyl (C=O) groups is 1. The summed E-state index contributed by atoms with van der Waals surface area (Å²) in [4.78, 5) is 26.9. The Morgan fingerprint density at radius 3 is 2.43 bits per heavy atom. The number of unbranched alkanes of at least 4 members (excludes halogenated alkanes) is 1. The van der Waals surface area contributed by atoms with Crippen molar-refractivity contribution in [1.82, 2.24) is 0 Å². The first-order valence-electron chi connectivity index (χ1n) is 3.79. The summed E-state index contributed by atoms with van der Waals surface area (Å²) in [7, 11) is -4.38. The molecule has 0 aliphatic carbocycles. The Hall–Kier alpha value is -0.860. The molecule has 7 heteroatoms. The maximum Gasteiger partial charge on any atom is 0.469 e. The zero-order chi connectivity index (χ0) is 11.0. The summed E-state index contributed by atoms with van der Waals surface area (Å²) in [6.45, 7) is 0.0332. The van der Waals surface area contributed by atoms with Gasteiger partial charge in [-0.2, -0.15) is 0 Å². The summed E-state index contributed by atoms with van der Waals surface area (Å²) in [6, 6.07) is 0. The van der Waals surface area contributed by atoms with Crippen molar-refractivity contribution >= 4 is 13.8 Å². The molecule has 0 rings (SSSR count). The summed E-state index contributed by atoms with van der Waals surface area (Å²) in [5.74, 6) is 1.01. The topological polar surface area (TPSA) is 93.1 Å². The number of phosphoric ester groups is 1. The Labute approximate surface area is 81.5 Å². The summed E-state index contributed by atoms with van der Waals surface area (Å²) >= 11 is 0. The molecule has 0 heterocycles. The van der Waals surface area contributed by atoms with Crippen molar-refractivity contribution in [2.24, 2.45) is 0 Å². The maximum absolute atomic E-state index is 10.4. The van der Waals surface area contributed by atoms with Gasteiger partial charge in [-0.15, -0.1) is 6.42 Å². The molecular weight excluding hydrogens is 211 g/mol. The summed E-state index contributed by atoms with van der Waals surface area (Å²) < 4.78 is 18.8. The molecule has 14 heavy (non-hydrogen) atoms. The van der Waals surface area contributed by atoms with E-state index in [2.05, 4.69) is 9.26 Å². The van der Waals surface area contributed by atoms with Crippen molar-refractivity contribution in [2.75, 3.05) is 13.2 Å². The highest BCUT2D eigenvalue weighted by molar-refractivity contribution is 7.46. The lowest BCUT2D eigenvalue weighted by Crippen LogP contribution is -2.03. The van der Waals surface area contributed by atoms with Crippen molar-refractivity contribution in [3.63, 3.8) is 0 Å². The molecule has 0 unspecified atom stereocenters. The van der Waals surface area contributed by atoms with Crippen LogP contribution in [-0.4, -0.2) is 29.0 Å². The minimum atomic E-state index is -4.38. The quantitative estimate of drug-likeness (QED) is 0.217. The molecule has 0 aromatic rings. The van der Waals surface area contributed by atoms with Gasteiger partial charge in [-0.05, 0) is 12.8 Å². The molecule has 0 aliphatic rings. The number of phosphoric acid groups is 1. The largest absolute Gasteiger partial charge is 0.469 e. The van der Waals surface area contributed by atoms with E-state index in [1.165, 1.54) is 0 Å². The van der Waals surface area contributed by atoms with Gasteiger partial charge < -0.3 is 14.5 Å². The van der Waals surface area contributed by atoms with Gasteiger partial charge in [0.05, 0.1) is 13.2 Å². The van der Waals surface area contributed by atoms with Gasteiger partial charge in [0.15, 0.2) is 0 Å². The highest BCUT2D eigenvalue weighted by atomic mass is 31.2. The monoisotopic (exact) mass is 222 g/mol. The van der Waals surface area contributed by atoms with E-state index in [0.29, 0.717) is 12.8 Å². The average molecular weight is 222 g/mol. The van der Waals surface area contributed by atoms with Crippen LogP contribution in [0, 0.1) is 12.3 Å². The molecule has 0 fully saturated rings. The summed E-state index contributed by atoms with van der Waals surface area (Å²) in [6.07, 6.45) is 5.53. The van der Waals surface area contributed by atoms with E-state index in [1.54, 1.807) is 5.92 Å². The number of terminal acetylenes is 1. The summed E-state index contributed by atoms with van der Waals surface area (Å²) in [5.41, 5.74) is 0. The van der Waals surface area contributed by atoms with Crippen LogP contribution in [0.2, 0.25) is 0 Å². The maximum atomic E-state index is 10.4. The minimum Gasteiger partial charge on any atom is -0.456 e. The molecule has 0 bridgehead atoms. The molecular formula is C7H11O6P. The second-order valence-corrected chi connectivity index (χ2v) is 3.55. The van der Waals surface area contributed by atoms with Gasteiger partial charge in [-0.1, -0.05) is 0 Å². The Morgan fingerprint density at radius 1 is 1.36 bits per heavy atom. The highest BCUT2D eigenvalue weighted by Gasteiger charge is 2.12. The normalized spacial score (nSPS) is 10.6. The Balaban J connectivity index is 3.28. The molecule has 0 saturated carbocycles. The van der Waals surface area contributed by atoms with Crippen molar-refractivity contribution < 1.29 is 28.4 Å². The van der Waals surface area contributed by atoms with Gasteiger partial charge in [-0.25, -0.2) is 9.36 Å². The third kappa shape index (κ3) is 9.23. The third-order valence-corrected chi connectivity index (χ3v) is 1.67. The molecule has 0 aromatic heterocycles. The van der Waals surface area contributed by atoms with Crippen LogP contribution in [0.15, 0.2) is 0 Å². The molecule has 0 aliphatic heterocycles. The fourth-order valence-electron chi connectivity index (χ4n) is 0.594. The molecule has 6 nitrogen and oxygen atoms in total. The molecule has 0 aromatic carbocycles. The van der Waals surface area contributed by atoms with Crippen LogP contribution >= 0.6 is 7.82 Å². The van der Waals surface area contributed by atoms with E-state index >= 15 is 0 Å². The van der Waals surface area contributed by atoms with Gasteiger partial charge in [0, 0.05) is 5.92 Å². The molecule has 0 saturated heterocycles. The fraction of sp³-hybridized carbons (Fsp3) is 0.571. The number of hydrogen-bond acceptors (Lipinski definition) is 4. The second kappa shape index (κ2) is 6.57. The lowest BCUT2D eigenvalue weighted by molar-refractivity contribution is -0.136. The first kappa shape index (κ1) is 13.1. The molecule has 0 atom stereocenters. The number of carbonyl (C=O) groups excluding carboxylic acids is 1. The van der Waals surface area contributed by atoms with Crippen LogP contribution in [0.3, 0.4) is 0 Å². The van der Waals surface area contributed by atoms with E-state index in [9.17, 15) is 9.36 Å². The minimum absolute atomic E-state index is 0.0854. The van der Waals surface area contributed by atoms with Crippen molar-refractivity contribution in [3.8, 4) is 12.3 Å². The fourth-order valence-corrected chi connectivity index (χ4v) is 0.961. The van der Waals surface area contributed by atoms with Crippen molar-refractivity contribution in [2.45, 2.75) is 12.8 Å². The standard InChI is InChI=1S/C7H11O6P/c1-2-7(8)12-5-3-4-6-13-14(9,10)11/h1H,3-6H2,(H2,9,10,11). The average Bonchev–Trinajstić information content (AvgIpc) is 2.08. The van der Waals surface area contributed by atoms with Crippen molar-refractivity contribution in [3.05, 3.63) is 0 Å². The SMILES string of the molecule is C#CC(=O)OCCCCOP(=O)(O)O. The van der Waals surface area contributed by atoms with Gasteiger partial charge in [-0.3, -0.25) is 4.52 Å². The van der Waals surface area contributed by atoms with E-state index in [1.807, 2.05) is 0 Å². The molecule has 0 spiro atoms. The van der Waals surface area contributed by atoms with Crippen LogP contribution in [0.5, 0.6) is 0 Å². The Morgan fingerprint density at radius 2 is 1.93 bits per heavy atom. The van der Waals surface area contributed by atoms with Gasteiger partial charge >= 0.3 is 13.8 Å². The zero-order valence-electron chi connectivity index (χ0n) is 7.38. The first-order chi connectivity index (χ1) is 6.45. The highest BCUT2D eigenvalue weighted by Crippen LogP contribution is 2.35.